The van der Waals surface area contributed by atoms with E-state index in [1.54, 1.807) is 6.07 Å². The van der Waals surface area contributed by atoms with Crippen molar-refractivity contribution in [3.8, 4) is 11.6 Å². The van der Waals surface area contributed by atoms with Gasteiger partial charge in [0, 0.05) is 10.5 Å². The molecule has 0 saturated heterocycles. The van der Waals surface area contributed by atoms with Crippen molar-refractivity contribution in [2.24, 2.45) is 0 Å². The Labute approximate surface area is 105 Å². The van der Waals surface area contributed by atoms with Crippen LogP contribution in [0.4, 0.5) is 4.39 Å². The van der Waals surface area contributed by atoms with Crippen LogP contribution in [-0.4, -0.2) is 15.1 Å². The van der Waals surface area contributed by atoms with E-state index in [1.807, 2.05) is 0 Å². The van der Waals surface area contributed by atoms with Crippen LogP contribution in [0.25, 0.3) is 0 Å². The third-order valence-corrected chi connectivity index (χ3v) is 2.36. The molecule has 1 aromatic heterocycles. The molecular formula is C11H8BrFN2O2. The number of hydrogen-bond acceptors (Lipinski definition) is 4. The van der Waals surface area contributed by atoms with Crippen LogP contribution in [0.1, 0.15) is 5.69 Å². The van der Waals surface area contributed by atoms with E-state index in [9.17, 15) is 4.39 Å². The molecule has 0 amide bonds. The number of benzene rings is 1. The largest absolute Gasteiger partial charge is 0.437 e. The van der Waals surface area contributed by atoms with E-state index < -0.39 is 5.82 Å². The van der Waals surface area contributed by atoms with E-state index in [-0.39, 0.29) is 12.5 Å². The predicted octanol–water partition coefficient (Wildman–Crippen LogP) is 2.66. The zero-order valence-corrected chi connectivity index (χ0v) is 10.2. The van der Waals surface area contributed by atoms with E-state index in [0.717, 1.165) is 0 Å². The molecule has 88 valence electrons. The summed E-state index contributed by atoms with van der Waals surface area (Å²) in [4.78, 5) is 7.82. The summed E-state index contributed by atoms with van der Waals surface area (Å²) >= 11 is 3.16. The molecule has 1 aromatic carbocycles. The monoisotopic (exact) mass is 298 g/mol. The fourth-order valence-electron chi connectivity index (χ4n) is 1.19. The van der Waals surface area contributed by atoms with Crippen molar-refractivity contribution >= 4 is 15.9 Å². The topological polar surface area (TPSA) is 55.2 Å². The number of rotatable bonds is 3. The minimum absolute atomic E-state index is 0.182. The number of halogens is 2. The zero-order chi connectivity index (χ0) is 12.3. The summed E-state index contributed by atoms with van der Waals surface area (Å²) in [6.45, 7) is -0.182. The van der Waals surface area contributed by atoms with Crippen LogP contribution in [0.5, 0.6) is 11.6 Å². The first-order chi connectivity index (χ1) is 8.17. The molecule has 0 aliphatic rings. The fraction of sp³-hybridized carbons (Fsp3) is 0.0909. The smallest absolute Gasteiger partial charge is 0.237 e. The Balaban J connectivity index is 2.19. The molecule has 1 N–H and O–H groups in total. The summed E-state index contributed by atoms with van der Waals surface area (Å²) in [6, 6.07) is 4.19. The van der Waals surface area contributed by atoms with Crippen LogP contribution in [0.2, 0.25) is 0 Å². The summed E-state index contributed by atoms with van der Waals surface area (Å²) in [7, 11) is 0. The quantitative estimate of drug-likeness (QED) is 0.946. The van der Waals surface area contributed by atoms with Crippen LogP contribution >= 0.6 is 15.9 Å². The molecule has 0 aliphatic carbocycles. The van der Waals surface area contributed by atoms with Crippen molar-refractivity contribution in [1.82, 2.24) is 9.97 Å². The molecule has 0 bridgehead atoms. The summed E-state index contributed by atoms with van der Waals surface area (Å²) in [6.07, 6.45) is 2.76. The van der Waals surface area contributed by atoms with Crippen molar-refractivity contribution < 1.29 is 14.2 Å². The first-order valence-electron chi connectivity index (χ1n) is 4.73. The standard InChI is InChI=1S/C11H8BrFN2O2/c12-7-1-8(13)3-10(2-7)17-11-5-14-9(6-16)4-15-11/h1-5,16H,6H2. The molecule has 2 rings (SSSR count). The summed E-state index contributed by atoms with van der Waals surface area (Å²) < 4.78 is 19.0. The van der Waals surface area contributed by atoms with Gasteiger partial charge in [0.25, 0.3) is 0 Å². The Hall–Kier alpha value is -1.53. The van der Waals surface area contributed by atoms with Gasteiger partial charge in [0.2, 0.25) is 5.88 Å². The van der Waals surface area contributed by atoms with Gasteiger partial charge in [0.05, 0.1) is 24.7 Å². The van der Waals surface area contributed by atoms with Crippen molar-refractivity contribution in [3.63, 3.8) is 0 Å². The maximum absolute atomic E-state index is 13.1. The van der Waals surface area contributed by atoms with Crippen molar-refractivity contribution in [1.29, 1.82) is 0 Å². The lowest BCUT2D eigenvalue weighted by molar-refractivity contribution is 0.276. The van der Waals surface area contributed by atoms with E-state index in [4.69, 9.17) is 9.84 Å². The van der Waals surface area contributed by atoms with E-state index in [0.29, 0.717) is 15.9 Å². The second-order valence-electron chi connectivity index (χ2n) is 3.21. The van der Waals surface area contributed by atoms with E-state index >= 15 is 0 Å². The number of aliphatic hydroxyl groups excluding tert-OH is 1. The number of hydrogen-bond donors (Lipinski definition) is 1. The van der Waals surface area contributed by atoms with Crippen LogP contribution in [0.15, 0.2) is 35.1 Å². The maximum Gasteiger partial charge on any atom is 0.237 e. The lowest BCUT2D eigenvalue weighted by Gasteiger charge is -2.05. The number of ether oxygens (including phenoxy) is 1. The number of nitrogens with zero attached hydrogens (tertiary/aromatic N) is 2. The highest BCUT2D eigenvalue weighted by molar-refractivity contribution is 9.10. The molecule has 6 heteroatoms. The molecule has 2 aromatic rings. The maximum atomic E-state index is 13.1. The van der Waals surface area contributed by atoms with Gasteiger partial charge >= 0.3 is 0 Å². The highest BCUT2D eigenvalue weighted by Crippen LogP contribution is 2.24. The molecule has 17 heavy (non-hydrogen) atoms. The average molecular weight is 299 g/mol. The molecule has 0 saturated carbocycles. The highest BCUT2D eigenvalue weighted by Gasteiger charge is 2.03. The molecule has 0 radical (unpaired) electrons. The molecule has 4 nitrogen and oxygen atoms in total. The van der Waals surface area contributed by atoms with Gasteiger partial charge in [0.15, 0.2) is 0 Å². The van der Waals surface area contributed by atoms with Gasteiger partial charge in [-0.25, -0.2) is 9.37 Å². The van der Waals surface area contributed by atoms with E-state index in [1.165, 1.54) is 24.5 Å². The second kappa shape index (κ2) is 5.20. The molecular weight excluding hydrogens is 291 g/mol. The van der Waals surface area contributed by atoms with Gasteiger partial charge in [-0.2, -0.15) is 0 Å². The van der Waals surface area contributed by atoms with Gasteiger partial charge in [-0.3, -0.25) is 4.98 Å². The van der Waals surface area contributed by atoms with Crippen LogP contribution in [-0.2, 0) is 6.61 Å². The Morgan fingerprint density at radius 3 is 2.65 bits per heavy atom. The summed E-state index contributed by atoms with van der Waals surface area (Å²) in [5.41, 5.74) is 0.442. The SMILES string of the molecule is OCc1cnc(Oc2cc(F)cc(Br)c2)cn1. The van der Waals surface area contributed by atoms with Gasteiger partial charge < -0.3 is 9.84 Å². The molecule has 0 spiro atoms. The lowest BCUT2D eigenvalue weighted by Crippen LogP contribution is -1.94. The minimum atomic E-state index is -0.408. The van der Waals surface area contributed by atoms with Gasteiger partial charge in [0.1, 0.15) is 11.6 Å². The van der Waals surface area contributed by atoms with Gasteiger partial charge in [-0.1, -0.05) is 15.9 Å². The third kappa shape index (κ3) is 3.21. The van der Waals surface area contributed by atoms with Crippen molar-refractivity contribution in [2.45, 2.75) is 6.61 Å². The van der Waals surface area contributed by atoms with Gasteiger partial charge in [-0.15, -0.1) is 0 Å². The first kappa shape index (κ1) is 11.9. The Kier molecular flexibility index (Phi) is 3.65. The molecule has 0 aliphatic heterocycles. The zero-order valence-electron chi connectivity index (χ0n) is 8.60. The summed E-state index contributed by atoms with van der Waals surface area (Å²) in [5, 5.41) is 8.79. The molecule has 0 atom stereocenters. The first-order valence-corrected chi connectivity index (χ1v) is 5.52. The van der Waals surface area contributed by atoms with Crippen molar-refractivity contribution in [3.05, 3.63) is 46.6 Å². The average Bonchev–Trinajstić information content (AvgIpc) is 2.28. The van der Waals surface area contributed by atoms with Gasteiger partial charge in [-0.05, 0) is 12.1 Å². The Morgan fingerprint density at radius 2 is 2.06 bits per heavy atom. The van der Waals surface area contributed by atoms with Crippen LogP contribution in [0.3, 0.4) is 0 Å². The predicted molar refractivity (Wildman–Crippen MR) is 62.1 cm³/mol. The summed E-state index contributed by atoms with van der Waals surface area (Å²) in [5.74, 6) is 0.150. The van der Waals surface area contributed by atoms with Crippen molar-refractivity contribution in [2.75, 3.05) is 0 Å². The molecule has 0 unspecified atom stereocenters. The van der Waals surface area contributed by atoms with Crippen LogP contribution in [0, 0.1) is 5.82 Å². The normalized spacial score (nSPS) is 10.3. The van der Waals surface area contributed by atoms with E-state index in [2.05, 4.69) is 25.9 Å². The minimum Gasteiger partial charge on any atom is -0.437 e. The molecule has 1 heterocycles. The third-order valence-electron chi connectivity index (χ3n) is 1.90. The number of aromatic nitrogens is 2. The number of aliphatic hydroxyl groups is 1. The Morgan fingerprint density at radius 1 is 1.24 bits per heavy atom. The van der Waals surface area contributed by atoms with Crippen LogP contribution < -0.4 is 4.74 Å². The highest BCUT2D eigenvalue weighted by atomic mass is 79.9. The Bertz CT molecular complexity index is 499. The lowest BCUT2D eigenvalue weighted by atomic mass is 10.3. The molecule has 0 fully saturated rings. The fourth-order valence-corrected chi connectivity index (χ4v) is 1.63. The second-order valence-corrected chi connectivity index (χ2v) is 4.13.